The normalized spacial score (nSPS) is 11.2. The lowest BCUT2D eigenvalue weighted by molar-refractivity contribution is -0.138. The summed E-state index contributed by atoms with van der Waals surface area (Å²) < 4.78 is 44.2. The van der Waals surface area contributed by atoms with Crippen molar-refractivity contribution in [3.8, 4) is 5.75 Å². The number of para-hydroxylation sites is 1. The largest absolute Gasteiger partial charge is 0.489 e. The van der Waals surface area contributed by atoms with Gasteiger partial charge >= 0.3 is 12.1 Å². The van der Waals surface area contributed by atoms with Crippen LogP contribution in [-0.4, -0.2) is 11.1 Å². The molecule has 0 aliphatic carbocycles. The van der Waals surface area contributed by atoms with E-state index in [9.17, 15) is 18.0 Å². The van der Waals surface area contributed by atoms with Crippen LogP contribution in [0.5, 0.6) is 5.75 Å². The van der Waals surface area contributed by atoms with Crippen LogP contribution in [0, 0.1) is 0 Å². The summed E-state index contributed by atoms with van der Waals surface area (Å²) >= 11 is 0. The molecular weight excluding hydrogens is 285 g/mol. The SMILES string of the molecule is O=C(O)c1ccc(COc2ccccc2)c(C(F)(F)F)c1. The van der Waals surface area contributed by atoms with Crippen molar-refractivity contribution in [2.24, 2.45) is 0 Å². The van der Waals surface area contributed by atoms with E-state index in [2.05, 4.69) is 0 Å². The lowest BCUT2D eigenvalue weighted by Crippen LogP contribution is -2.13. The fourth-order valence-electron chi connectivity index (χ4n) is 1.78. The lowest BCUT2D eigenvalue weighted by Gasteiger charge is -2.14. The predicted octanol–water partition coefficient (Wildman–Crippen LogP) is 3.98. The highest BCUT2D eigenvalue weighted by molar-refractivity contribution is 5.88. The highest BCUT2D eigenvalue weighted by atomic mass is 19.4. The van der Waals surface area contributed by atoms with Crippen molar-refractivity contribution in [1.82, 2.24) is 0 Å². The average Bonchev–Trinajstić information content (AvgIpc) is 2.45. The van der Waals surface area contributed by atoms with Gasteiger partial charge in [0, 0.05) is 5.56 Å². The minimum atomic E-state index is -4.64. The molecule has 21 heavy (non-hydrogen) atoms. The molecule has 2 aromatic rings. The Morgan fingerprint density at radius 3 is 2.33 bits per heavy atom. The van der Waals surface area contributed by atoms with Crippen LogP contribution in [0.25, 0.3) is 0 Å². The van der Waals surface area contributed by atoms with E-state index in [0.29, 0.717) is 11.8 Å². The molecule has 0 heterocycles. The van der Waals surface area contributed by atoms with Gasteiger partial charge in [-0.2, -0.15) is 13.2 Å². The van der Waals surface area contributed by atoms with Gasteiger partial charge in [-0.25, -0.2) is 4.79 Å². The summed E-state index contributed by atoms with van der Waals surface area (Å²) in [5.74, 6) is -0.969. The van der Waals surface area contributed by atoms with Crippen molar-refractivity contribution < 1.29 is 27.8 Å². The van der Waals surface area contributed by atoms with Crippen LogP contribution in [0.3, 0.4) is 0 Å². The molecule has 3 nitrogen and oxygen atoms in total. The molecule has 0 aliphatic heterocycles. The molecule has 110 valence electrons. The highest BCUT2D eigenvalue weighted by Gasteiger charge is 2.34. The van der Waals surface area contributed by atoms with Crippen LogP contribution in [0.2, 0.25) is 0 Å². The number of carboxylic acid groups (broad SMARTS) is 1. The summed E-state index contributed by atoms with van der Waals surface area (Å²) in [5.41, 5.74) is -1.53. The van der Waals surface area contributed by atoms with E-state index in [1.54, 1.807) is 30.3 Å². The standard InChI is InChI=1S/C15H11F3O3/c16-15(17,18)13-8-10(14(19)20)6-7-11(13)9-21-12-4-2-1-3-5-12/h1-8H,9H2,(H,19,20). The van der Waals surface area contributed by atoms with Gasteiger partial charge in [0.2, 0.25) is 0 Å². The minimum absolute atomic E-state index is 0.114. The van der Waals surface area contributed by atoms with Gasteiger partial charge < -0.3 is 9.84 Å². The number of carboxylic acids is 1. The number of carbonyl (C=O) groups is 1. The van der Waals surface area contributed by atoms with Crippen molar-refractivity contribution in [2.45, 2.75) is 12.8 Å². The molecule has 0 saturated carbocycles. The van der Waals surface area contributed by atoms with Crippen LogP contribution in [0.1, 0.15) is 21.5 Å². The van der Waals surface area contributed by atoms with Crippen molar-refractivity contribution in [2.75, 3.05) is 0 Å². The summed E-state index contributed by atoms with van der Waals surface area (Å²) in [6.45, 7) is -0.293. The maximum absolute atomic E-state index is 13.0. The molecule has 0 aromatic heterocycles. The Balaban J connectivity index is 2.28. The highest BCUT2D eigenvalue weighted by Crippen LogP contribution is 2.33. The van der Waals surface area contributed by atoms with Gasteiger partial charge in [0.1, 0.15) is 12.4 Å². The zero-order chi connectivity index (χ0) is 15.5. The second-order valence-electron chi connectivity index (χ2n) is 4.28. The molecule has 6 heteroatoms. The molecular formula is C15H11F3O3. The molecule has 0 saturated heterocycles. The van der Waals surface area contributed by atoms with Crippen molar-refractivity contribution >= 4 is 5.97 Å². The fraction of sp³-hybridized carbons (Fsp3) is 0.133. The van der Waals surface area contributed by atoms with Crippen LogP contribution in [0.15, 0.2) is 48.5 Å². The molecule has 2 aromatic carbocycles. The molecule has 0 fully saturated rings. The molecule has 0 spiro atoms. The second kappa shape index (κ2) is 5.87. The Labute approximate surface area is 118 Å². The number of alkyl halides is 3. The molecule has 1 N–H and O–H groups in total. The molecule has 0 unspecified atom stereocenters. The first-order valence-electron chi connectivity index (χ1n) is 5.99. The predicted molar refractivity (Wildman–Crippen MR) is 69.2 cm³/mol. The van der Waals surface area contributed by atoms with Gasteiger partial charge in [0.15, 0.2) is 0 Å². The Morgan fingerprint density at radius 1 is 1.10 bits per heavy atom. The van der Waals surface area contributed by atoms with Gasteiger partial charge in [-0.1, -0.05) is 24.3 Å². The third kappa shape index (κ3) is 3.75. The van der Waals surface area contributed by atoms with E-state index in [1.807, 2.05) is 0 Å². The van der Waals surface area contributed by atoms with Crippen LogP contribution in [-0.2, 0) is 12.8 Å². The van der Waals surface area contributed by atoms with Gasteiger partial charge in [-0.05, 0) is 24.3 Å². The van der Waals surface area contributed by atoms with Gasteiger partial charge in [0.05, 0.1) is 11.1 Å². The van der Waals surface area contributed by atoms with Crippen molar-refractivity contribution in [1.29, 1.82) is 0 Å². The zero-order valence-corrected chi connectivity index (χ0v) is 10.7. The number of hydrogen-bond acceptors (Lipinski definition) is 2. The Hall–Kier alpha value is -2.50. The molecule has 0 radical (unpaired) electrons. The van der Waals surface area contributed by atoms with E-state index in [4.69, 9.17) is 9.84 Å². The summed E-state index contributed by atoms with van der Waals surface area (Å²) in [6.07, 6.45) is -4.64. The van der Waals surface area contributed by atoms with Crippen molar-refractivity contribution in [3.05, 3.63) is 65.2 Å². The number of halogens is 3. The maximum atomic E-state index is 13.0. The van der Waals surface area contributed by atoms with Gasteiger partial charge in [-0.3, -0.25) is 0 Å². The molecule has 0 bridgehead atoms. The smallest absolute Gasteiger partial charge is 0.416 e. The second-order valence-corrected chi connectivity index (χ2v) is 4.28. The maximum Gasteiger partial charge on any atom is 0.416 e. The van der Waals surface area contributed by atoms with Crippen LogP contribution >= 0.6 is 0 Å². The lowest BCUT2D eigenvalue weighted by atomic mass is 10.0. The Bertz CT molecular complexity index is 636. The average molecular weight is 296 g/mol. The van der Waals surface area contributed by atoms with Gasteiger partial charge in [0.25, 0.3) is 0 Å². The summed E-state index contributed by atoms with van der Waals surface area (Å²) in [6, 6.07) is 11.3. The summed E-state index contributed by atoms with van der Waals surface area (Å²) in [7, 11) is 0. The van der Waals surface area contributed by atoms with E-state index >= 15 is 0 Å². The monoisotopic (exact) mass is 296 g/mol. The topological polar surface area (TPSA) is 46.5 Å². The Kier molecular flexibility index (Phi) is 4.16. The van der Waals surface area contributed by atoms with E-state index in [0.717, 1.165) is 12.1 Å². The number of benzene rings is 2. The van der Waals surface area contributed by atoms with Crippen molar-refractivity contribution in [3.63, 3.8) is 0 Å². The Morgan fingerprint density at radius 2 is 1.76 bits per heavy atom. The summed E-state index contributed by atoms with van der Waals surface area (Å²) in [5, 5.41) is 8.78. The number of hydrogen-bond donors (Lipinski definition) is 1. The first-order chi connectivity index (χ1) is 9.88. The molecule has 0 amide bonds. The minimum Gasteiger partial charge on any atom is -0.489 e. The summed E-state index contributed by atoms with van der Waals surface area (Å²) in [4.78, 5) is 10.8. The quantitative estimate of drug-likeness (QED) is 0.928. The molecule has 0 atom stereocenters. The van der Waals surface area contributed by atoms with Crippen LogP contribution < -0.4 is 4.74 Å². The fourth-order valence-corrected chi connectivity index (χ4v) is 1.78. The molecule has 2 rings (SSSR count). The zero-order valence-electron chi connectivity index (χ0n) is 10.7. The first-order valence-corrected chi connectivity index (χ1v) is 5.99. The molecule has 0 aliphatic rings. The third-order valence-electron chi connectivity index (χ3n) is 2.80. The number of ether oxygens (including phenoxy) is 1. The van der Waals surface area contributed by atoms with E-state index < -0.39 is 23.3 Å². The van der Waals surface area contributed by atoms with Crippen LogP contribution in [0.4, 0.5) is 13.2 Å². The van der Waals surface area contributed by atoms with Gasteiger partial charge in [-0.15, -0.1) is 0 Å². The number of rotatable bonds is 4. The third-order valence-corrected chi connectivity index (χ3v) is 2.80. The van der Waals surface area contributed by atoms with E-state index in [1.165, 1.54) is 0 Å². The van der Waals surface area contributed by atoms with E-state index in [-0.39, 0.29) is 12.2 Å². The first kappa shape index (κ1) is 14.9. The number of aromatic carboxylic acids is 1.